The van der Waals surface area contributed by atoms with Crippen molar-refractivity contribution in [1.29, 1.82) is 0 Å². The van der Waals surface area contributed by atoms with E-state index in [1.165, 1.54) is 24.3 Å². The number of hydrogen-bond donors (Lipinski definition) is 2. The second kappa shape index (κ2) is 9.08. The van der Waals surface area contributed by atoms with Crippen LogP contribution in [0.25, 0.3) is 5.69 Å². The van der Waals surface area contributed by atoms with Gasteiger partial charge in [-0.2, -0.15) is 4.68 Å². The smallest absolute Gasteiger partial charge is 0.241 e. The molecule has 12 heteroatoms. The van der Waals surface area contributed by atoms with Gasteiger partial charge in [-0.15, -0.1) is 5.10 Å². The van der Waals surface area contributed by atoms with Crippen molar-refractivity contribution in [1.82, 2.24) is 20.2 Å². The Balaban J connectivity index is 1.65. The first-order valence-corrected chi connectivity index (χ1v) is 10.9. The minimum Gasteiger partial charge on any atom is -0.491 e. The second-order valence-electron chi connectivity index (χ2n) is 6.90. The highest BCUT2D eigenvalue weighted by molar-refractivity contribution is 7.93. The Kier molecular flexibility index (Phi) is 6.49. The number of carbonyl (C=O) groups is 1. The van der Waals surface area contributed by atoms with Crippen LogP contribution in [-0.2, 0) is 14.8 Å². The van der Waals surface area contributed by atoms with Gasteiger partial charge in [-0.1, -0.05) is 0 Å². The maximum absolute atomic E-state index is 14.1. The molecule has 0 bridgehead atoms. The van der Waals surface area contributed by atoms with Gasteiger partial charge in [0, 0.05) is 11.4 Å². The maximum atomic E-state index is 14.1. The third-order valence-electron chi connectivity index (χ3n) is 3.90. The quantitative estimate of drug-likeness (QED) is 0.541. The molecule has 0 aliphatic carbocycles. The third kappa shape index (κ3) is 5.98. The summed E-state index contributed by atoms with van der Waals surface area (Å²) in [6.07, 6.45) is -0.0112. The van der Waals surface area contributed by atoms with Gasteiger partial charge in [-0.25, -0.2) is 12.8 Å². The van der Waals surface area contributed by atoms with Crippen LogP contribution in [0.15, 0.2) is 42.5 Å². The minimum atomic E-state index is -3.97. The number of benzene rings is 2. The molecule has 0 aliphatic heterocycles. The maximum Gasteiger partial charge on any atom is 0.241 e. The van der Waals surface area contributed by atoms with Gasteiger partial charge in [0.05, 0.1) is 6.10 Å². The van der Waals surface area contributed by atoms with Crippen LogP contribution in [0.4, 0.5) is 15.8 Å². The summed E-state index contributed by atoms with van der Waals surface area (Å²) in [6, 6.07) is 10.1. The number of nitrogens with one attached hydrogen (secondary N) is 2. The standard InChI is InChI=1S/C19H21FN6O4S/c1-12(2)30-16-7-4-14(5-8-16)23-31(28,29)11-19(27)21-15-6-9-17(20)18(10-15)26-13(3)22-24-25-26/h4-10,12,23H,11H2,1-3H3,(H,21,27). The summed E-state index contributed by atoms with van der Waals surface area (Å²) in [5, 5.41) is 13.3. The van der Waals surface area contributed by atoms with Crippen LogP contribution in [0, 0.1) is 12.7 Å². The largest absolute Gasteiger partial charge is 0.491 e. The third-order valence-corrected chi connectivity index (χ3v) is 5.09. The normalized spacial score (nSPS) is 11.4. The number of halogens is 1. The zero-order valence-electron chi connectivity index (χ0n) is 17.0. The van der Waals surface area contributed by atoms with Crippen LogP contribution in [0.1, 0.15) is 19.7 Å². The van der Waals surface area contributed by atoms with Crippen LogP contribution in [0.5, 0.6) is 5.75 Å². The molecule has 0 radical (unpaired) electrons. The molecule has 0 atom stereocenters. The average molecular weight is 448 g/mol. The molecule has 0 saturated carbocycles. The van der Waals surface area contributed by atoms with E-state index in [1.54, 1.807) is 19.1 Å². The predicted molar refractivity (Wildman–Crippen MR) is 112 cm³/mol. The first-order valence-electron chi connectivity index (χ1n) is 9.25. The van der Waals surface area contributed by atoms with E-state index >= 15 is 0 Å². The zero-order valence-corrected chi connectivity index (χ0v) is 17.9. The number of carbonyl (C=O) groups excluding carboxylic acids is 1. The summed E-state index contributed by atoms with van der Waals surface area (Å²) in [4.78, 5) is 12.3. The molecule has 3 aromatic rings. The number of nitrogens with zero attached hydrogens (tertiary/aromatic N) is 4. The van der Waals surface area contributed by atoms with Crippen molar-refractivity contribution in [3.8, 4) is 11.4 Å². The SMILES string of the molecule is Cc1nnnn1-c1cc(NC(=O)CS(=O)(=O)Nc2ccc(OC(C)C)cc2)ccc1F. The first-order chi connectivity index (χ1) is 14.6. The van der Waals surface area contributed by atoms with Crippen molar-refractivity contribution in [2.45, 2.75) is 26.9 Å². The number of anilines is 2. The number of rotatable bonds is 8. The Morgan fingerprint density at radius 1 is 1.16 bits per heavy atom. The molecule has 0 spiro atoms. The van der Waals surface area contributed by atoms with Crippen molar-refractivity contribution in [3.05, 3.63) is 54.1 Å². The van der Waals surface area contributed by atoms with Gasteiger partial charge in [0.2, 0.25) is 15.9 Å². The van der Waals surface area contributed by atoms with Gasteiger partial charge in [-0.3, -0.25) is 9.52 Å². The summed E-state index contributed by atoms with van der Waals surface area (Å²) in [6.45, 7) is 5.34. The number of ether oxygens (including phenoxy) is 1. The number of tetrazole rings is 1. The predicted octanol–water partition coefficient (Wildman–Crippen LogP) is 2.28. The molecule has 2 N–H and O–H groups in total. The van der Waals surface area contributed by atoms with Crippen molar-refractivity contribution >= 4 is 27.3 Å². The molecule has 1 amide bonds. The van der Waals surface area contributed by atoms with Crippen molar-refractivity contribution in [3.63, 3.8) is 0 Å². The highest BCUT2D eigenvalue weighted by Crippen LogP contribution is 2.20. The minimum absolute atomic E-state index is 0.0112. The van der Waals surface area contributed by atoms with E-state index in [1.807, 2.05) is 13.8 Å². The Hall–Kier alpha value is -3.54. The van der Waals surface area contributed by atoms with Crippen molar-refractivity contribution < 1.29 is 22.3 Å². The molecule has 0 fully saturated rings. The number of hydrogen-bond acceptors (Lipinski definition) is 7. The molecule has 3 rings (SSSR count). The van der Waals surface area contributed by atoms with E-state index in [9.17, 15) is 17.6 Å². The van der Waals surface area contributed by atoms with Crippen LogP contribution in [0.3, 0.4) is 0 Å². The van der Waals surface area contributed by atoms with E-state index in [0.29, 0.717) is 17.3 Å². The van der Waals surface area contributed by atoms with Crippen LogP contribution >= 0.6 is 0 Å². The summed E-state index contributed by atoms with van der Waals surface area (Å²) >= 11 is 0. The highest BCUT2D eigenvalue weighted by atomic mass is 32.2. The summed E-state index contributed by atoms with van der Waals surface area (Å²) < 4.78 is 47.8. The molecule has 0 saturated heterocycles. The summed E-state index contributed by atoms with van der Waals surface area (Å²) in [7, 11) is -3.97. The molecule has 0 unspecified atom stereocenters. The fraction of sp³-hybridized carbons (Fsp3) is 0.263. The number of aryl methyl sites for hydroxylation is 1. The Labute approximate surface area is 178 Å². The number of sulfonamides is 1. The van der Waals surface area contributed by atoms with Gasteiger partial charge >= 0.3 is 0 Å². The van der Waals surface area contributed by atoms with E-state index in [0.717, 1.165) is 10.7 Å². The van der Waals surface area contributed by atoms with Crippen molar-refractivity contribution in [2.24, 2.45) is 0 Å². The second-order valence-corrected chi connectivity index (χ2v) is 8.63. The van der Waals surface area contributed by atoms with Gasteiger partial charge in [0.15, 0.2) is 5.82 Å². The number of aromatic nitrogens is 4. The molecule has 10 nitrogen and oxygen atoms in total. The first kappa shape index (κ1) is 22.2. The molecular weight excluding hydrogens is 427 g/mol. The molecule has 1 aromatic heterocycles. The summed E-state index contributed by atoms with van der Waals surface area (Å²) in [5.74, 6) is -1.28. The summed E-state index contributed by atoms with van der Waals surface area (Å²) in [5.41, 5.74) is 0.508. The zero-order chi connectivity index (χ0) is 22.6. The van der Waals surface area contributed by atoms with Gasteiger partial charge < -0.3 is 10.1 Å². The Bertz CT molecular complexity index is 1180. The van der Waals surface area contributed by atoms with E-state index in [4.69, 9.17) is 4.74 Å². The van der Waals surface area contributed by atoms with Gasteiger partial charge in [0.25, 0.3) is 0 Å². The fourth-order valence-electron chi connectivity index (χ4n) is 2.67. The topological polar surface area (TPSA) is 128 Å². The van der Waals surface area contributed by atoms with E-state index < -0.39 is 27.5 Å². The van der Waals surface area contributed by atoms with Gasteiger partial charge in [-0.05, 0) is 73.7 Å². The Morgan fingerprint density at radius 2 is 1.84 bits per heavy atom. The van der Waals surface area contributed by atoms with Crippen LogP contribution in [0.2, 0.25) is 0 Å². The molecule has 1 heterocycles. The molecule has 2 aromatic carbocycles. The Morgan fingerprint density at radius 3 is 2.45 bits per heavy atom. The highest BCUT2D eigenvalue weighted by Gasteiger charge is 2.18. The van der Waals surface area contributed by atoms with E-state index in [2.05, 4.69) is 25.6 Å². The molecule has 31 heavy (non-hydrogen) atoms. The number of amides is 1. The molecular formula is C19H21FN6O4S. The van der Waals surface area contributed by atoms with E-state index in [-0.39, 0.29) is 17.5 Å². The lowest BCUT2D eigenvalue weighted by Gasteiger charge is -2.12. The lowest BCUT2D eigenvalue weighted by molar-refractivity contribution is -0.113. The fourth-order valence-corrected chi connectivity index (χ4v) is 3.65. The lowest BCUT2D eigenvalue weighted by atomic mass is 10.2. The monoisotopic (exact) mass is 448 g/mol. The molecule has 164 valence electrons. The molecule has 0 aliphatic rings. The lowest BCUT2D eigenvalue weighted by Crippen LogP contribution is -2.27. The van der Waals surface area contributed by atoms with Gasteiger partial charge in [0.1, 0.15) is 23.0 Å². The van der Waals surface area contributed by atoms with Crippen molar-refractivity contribution in [2.75, 3.05) is 15.8 Å². The van der Waals surface area contributed by atoms with Crippen LogP contribution < -0.4 is 14.8 Å². The average Bonchev–Trinajstić information content (AvgIpc) is 3.09. The van der Waals surface area contributed by atoms with Crippen LogP contribution in [-0.4, -0.2) is 46.4 Å².